The number of halogens is 2. The highest BCUT2D eigenvalue weighted by molar-refractivity contribution is 5.25. The van der Waals surface area contributed by atoms with E-state index in [1.807, 2.05) is 20.8 Å². The minimum Gasteiger partial charge on any atom is -0.376 e. The van der Waals surface area contributed by atoms with Crippen LogP contribution >= 0.6 is 0 Å². The molecule has 0 radical (unpaired) electrons. The Morgan fingerprint density at radius 3 is 2.06 bits per heavy atom. The summed E-state index contributed by atoms with van der Waals surface area (Å²) in [5.74, 6) is -2.72. The Morgan fingerprint density at radius 2 is 1.61 bits per heavy atom. The van der Waals surface area contributed by atoms with Gasteiger partial charge in [-0.1, -0.05) is 31.2 Å². The Hall–Kier alpha value is -0.960. The summed E-state index contributed by atoms with van der Waals surface area (Å²) in [6.07, 6.45) is 0.578. The Balaban J connectivity index is 2.56. The largest absolute Gasteiger partial charge is 0.376 e. The van der Waals surface area contributed by atoms with Crippen LogP contribution in [0.5, 0.6) is 0 Å². The van der Waals surface area contributed by atoms with E-state index in [2.05, 4.69) is 0 Å². The molecule has 3 heteroatoms. The molecule has 0 amide bonds. The molecule has 0 aliphatic rings. The summed E-state index contributed by atoms with van der Waals surface area (Å²) in [4.78, 5) is 0. The van der Waals surface area contributed by atoms with E-state index in [1.54, 1.807) is 12.1 Å². The minimum atomic E-state index is -2.72. The maximum absolute atomic E-state index is 13.4. The zero-order valence-electron chi connectivity index (χ0n) is 11.6. The third kappa shape index (κ3) is 4.73. The van der Waals surface area contributed by atoms with Crippen molar-refractivity contribution >= 4 is 0 Å². The van der Waals surface area contributed by atoms with Crippen molar-refractivity contribution < 1.29 is 13.5 Å². The van der Waals surface area contributed by atoms with Crippen LogP contribution in [0.4, 0.5) is 8.78 Å². The van der Waals surface area contributed by atoms with Gasteiger partial charge in [0.05, 0.1) is 12.2 Å². The van der Waals surface area contributed by atoms with Gasteiger partial charge in [0, 0.05) is 12.0 Å². The fourth-order valence-electron chi connectivity index (χ4n) is 1.59. The van der Waals surface area contributed by atoms with Crippen molar-refractivity contribution in [1.82, 2.24) is 0 Å². The van der Waals surface area contributed by atoms with Gasteiger partial charge in [0.2, 0.25) is 0 Å². The maximum atomic E-state index is 13.4. The first-order valence-electron chi connectivity index (χ1n) is 6.36. The van der Waals surface area contributed by atoms with E-state index in [0.29, 0.717) is 6.61 Å². The molecule has 0 aliphatic heterocycles. The molecule has 1 aromatic carbocycles. The molecule has 0 saturated heterocycles. The van der Waals surface area contributed by atoms with E-state index >= 15 is 0 Å². The average Bonchev–Trinajstić information content (AvgIpc) is 2.28. The number of hydrogen-bond donors (Lipinski definition) is 0. The quantitative estimate of drug-likeness (QED) is 0.751. The smallest absolute Gasteiger partial charge is 0.273 e. The van der Waals surface area contributed by atoms with Crippen molar-refractivity contribution in [2.24, 2.45) is 0 Å². The molecule has 0 bridgehead atoms. The third-order valence-electron chi connectivity index (χ3n) is 2.75. The van der Waals surface area contributed by atoms with Gasteiger partial charge >= 0.3 is 0 Å². The van der Waals surface area contributed by atoms with E-state index in [4.69, 9.17) is 4.74 Å². The first kappa shape index (κ1) is 15.1. The topological polar surface area (TPSA) is 9.23 Å². The molecule has 0 N–H and O–H groups in total. The van der Waals surface area contributed by atoms with Crippen LogP contribution in [-0.4, -0.2) is 12.2 Å². The fourth-order valence-corrected chi connectivity index (χ4v) is 1.59. The molecule has 0 heterocycles. The first-order chi connectivity index (χ1) is 8.24. The highest BCUT2D eigenvalue weighted by Gasteiger charge is 2.28. The summed E-state index contributed by atoms with van der Waals surface area (Å²) in [7, 11) is 0. The van der Waals surface area contributed by atoms with Gasteiger partial charge in [0.1, 0.15) is 0 Å². The summed E-state index contributed by atoms with van der Waals surface area (Å²) in [5, 5.41) is 0. The van der Waals surface area contributed by atoms with Crippen molar-refractivity contribution in [3.63, 3.8) is 0 Å². The summed E-state index contributed by atoms with van der Waals surface area (Å²) < 4.78 is 32.4. The number of hydrogen-bond acceptors (Lipinski definition) is 1. The zero-order valence-corrected chi connectivity index (χ0v) is 11.6. The van der Waals surface area contributed by atoms with Crippen LogP contribution in [0.2, 0.25) is 0 Å². The predicted octanol–water partition coefficient (Wildman–Crippen LogP) is 4.55. The second-order valence-electron chi connectivity index (χ2n) is 5.47. The molecular formula is C15H22F2O. The van der Waals surface area contributed by atoms with Gasteiger partial charge in [-0.15, -0.1) is 0 Å². The normalized spacial score (nSPS) is 12.8. The van der Waals surface area contributed by atoms with Crippen LogP contribution in [0.25, 0.3) is 0 Å². The lowest BCUT2D eigenvalue weighted by molar-refractivity contribution is -0.00832. The van der Waals surface area contributed by atoms with E-state index in [1.165, 1.54) is 19.1 Å². The second kappa shape index (κ2) is 5.79. The second-order valence-corrected chi connectivity index (χ2v) is 5.47. The number of ether oxygens (including phenoxy) is 1. The predicted molar refractivity (Wildman–Crippen MR) is 70.0 cm³/mol. The first-order valence-corrected chi connectivity index (χ1v) is 6.36. The Bertz CT molecular complexity index is 363. The van der Waals surface area contributed by atoms with Crippen LogP contribution in [0.15, 0.2) is 24.3 Å². The van der Waals surface area contributed by atoms with E-state index in [-0.39, 0.29) is 17.6 Å². The molecule has 0 spiro atoms. The molecule has 1 rings (SSSR count). The standard InChI is InChI=1S/C15H22F2O/c1-5-15(16,17)13-8-6-12(7-9-13)10-11-18-14(2,3)4/h6-9H,5,10-11H2,1-4H3. The Labute approximate surface area is 108 Å². The third-order valence-corrected chi connectivity index (χ3v) is 2.75. The fraction of sp³-hybridized carbons (Fsp3) is 0.600. The van der Waals surface area contributed by atoms with Gasteiger partial charge in [-0.2, -0.15) is 0 Å². The van der Waals surface area contributed by atoms with Gasteiger partial charge in [0.15, 0.2) is 0 Å². The van der Waals surface area contributed by atoms with Crippen molar-refractivity contribution in [3.05, 3.63) is 35.4 Å². The van der Waals surface area contributed by atoms with E-state index in [0.717, 1.165) is 12.0 Å². The van der Waals surface area contributed by atoms with Gasteiger partial charge in [0.25, 0.3) is 5.92 Å². The van der Waals surface area contributed by atoms with Gasteiger partial charge in [-0.25, -0.2) is 8.78 Å². The average molecular weight is 256 g/mol. The number of benzene rings is 1. The minimum absolute atomic E-state index is 0.0884. The molecule has 0 saturated carbocycles. The van der Waals surface area contributed by atoms with Crippen molar-refractivity contribution in [2.45, 2.75) is 52.1 Å². The van der Waals surface area contributed by atoms with Gasteiger partial charge < -0.3 is 4.74 Å². The van der Waals surface area contributed by atoms with Crippen LogP contribution in [0.3, 0.4) is 0 Å². The molecule has 0 unspecified atom stereocenters. The Morgan fingerprint density at radius 1 is 1.06 bits per heavy atom. The summed E-state index contributed by atoms with van der Waals surface area (Å²) in [6, 6.07) is 6.53. The lowest BCUT2D eigenvalue weighted by Gasteiger charge is -2.19. The van der Waals surface area contributed by atoms with Crippen LogP contribution in [0, 0.1) is 0 Å². The molecule has 0 aliphatic carbocycles. The van der Waals surface area contributed by atoms with Crippen LogP contribution in [-0.2, 0) is 17.1 Å². The van der Waals surface area contributed by atoms with Gasteiger partial charge in [-0.05, 0) is 32.8 Å². The number of alkyl halides is 2. The molecule has 0 aromatic heterocycles. The highest BCUT2D eigenvalue weighted by atomic mass is 19.3. The molecular weight excluding hydrogens is 234 g/mol. The van der Waals surface area contributed by atoms with Crippen molar-refractivity contribution in [1.29, 1.82) is 0 Å². The highest BCUT2D eigenvalue weighted by Crippen LogP contribution is 2.31. The SMILES string of the molecule is CCC(F)(F)c1ccc(CCOC(C)(C)C)cc1. The van der Waals surface area contributed by atoms with Crippen LogP contribution < -0.4 is 0 Å². The Kier molecular flexibility index (Phi) is 4.85. The zero-order chi connectivity index (χ0) is 13.8. The lowest BCUT2D eigenvalue weighted by Crippen LogP contribution is -2.20. The molecule has 0 fully saturated rings. The number of rotatable bonds is 5. The van der Waals surface area contributed by atoms with E-state index < -0.39 is 5.92 Å². The molecule has 0 atom stereocenters. The summed E-state index contributed by atoms with van der Waals surface area (Å²) >= 11 is 0. The van der Waals surface area contributed by atoms with Crippen molar-refractivity contribution in [3.8, 4) is 0 Å². The summed E-state index contributed by atoms with van der Waals surface area (Å²) in [5.41, 5.74) is 0.954. The van der Waals surface area contributed by atoms with Crippen molar-refractivity contribution in [2.75, 3.05) is 6.61 Å². The monoisotopic (exact) mass is 256 g/mol. The lowest BCUT2D eigenvalue weighted by atomic mass is 10.0. The van der Waals surface area contributed by atoms with Gasteiger partial charge in [-0.3, -0.25) is 0 Å². The molecule has 102 valence electrons. The maximum Gasteiger partial charge on any atom is 0.273 e. The summed E-state index contributed by atoms with van der Waals surface area (Å²) in [6.45, 7) is 8.09. The van der Waals surface area contributed by atoms with Crippen LogP contribution in [0.1, 0.15) is 45.2 Å². The molecule has 1 aromatic rings. The molecule has 1 nitrogen and oxygen atoms in total. The molecule has 18 heavy (non-hydrogen) atoms. The van der Waals surface area contributed by atoms with E-state index in [9.17, 15) is 8.78 Å².